The van der Waals surface area contributed by atoms with Crippen LogP contribution in [-0.2, 0) is 13.1 Å². The lowest BCUT2D eigenvalue weighted by Crippen LogP contribution is -2.05. The van der Waals surface area contributed by atoms with E-state index >= 15 is 0 Å². The Morgan fingerprint density at radius 3 is 3.05 bits per heavy atom. The fourth-order valence-electron chi connectivity index (χ4n) is 2.16. The molecular weight excluding hydrogens is 274 g/mol. The zero-order chi connectivity index (χ0) is 14.8. The third kappa shape index (κ3) is 2.46. The highest BCUT2D eigenvalue weighted by atomic mass is 16.6. The Hall–Kier alpha value is -2.81. The molecule has 0 unspecified atom stereocenters. The maximum absolute atomic E-state index is 11.3. The van der Waals surface area contributed by atoms with Gasteiger partial charge in [0.2, 0.25) is 5.65 Å². The average Bonchev–Trinajstić information content (AvgIpc) is 3.03. The summed E-state index contributed by atoms with van der Waals surface area (Å²) < 4.78 is 3.00. The number of nitro groups is 1. The Labute approximate surface area is 119 Å². The molecule has 0 aliphatic heterocycles. The first kappa shape index (κ1) is 13.2. The molecule has 1 N–H and O–H groups in total. The SMILES string of the molecule is CNCc1cn(Cc2nc3ccccn3c2[N+](=O)[O-])nn1. The minimum atomic E-state index is -0.430. The lowest BCUT2D eigenvalue weighted by atomic mass is 10.4. The fraction of sp³-hybridized carbons (Fsp3) is 0.250. The van der Waals surface area contributed by atoms with Crippen LogP contribution in [0.2, 0.25) is 0 Å². The summed E-state index contributed by atoms with van der Waals surface area (Å²) in [4.78, 5) is 15.2. The molecule has 3 aromatic heterocycles. The lowest BCUT2D eigenvalue weighted by Gasteiger charge is -1.98. The van der Waals surface area contributed by atoms with Gasteiger partial charge in [-0.2, -0.15) is 4.40 Å². The van der Waals surface area contributed by atoms with Crippen molar-refractivity contribution in [3.05, 3.63) is 52.1 Å². The van der Waals surface area contributed by atoms with E-state index in [0.717, 1.165) is 5.69 Å². The van der Waals surface area contributed by atoms with Crippen molar-refractivity contribution in [2.45, 2.75) is 13.1 Å². The van der Waals surface area contributed by atoms with Gasteiger partial charge >= 0.3 is 5.82 Å². The smallest absolute Gasteiger partial charge is 0.353 e. The van der Waals surface area contributed by atoms with E-state index in [-0.39, 0.29) is 12.4 Å². The molecule has 0 fully saturated rings. The molecule has 9 nitrogen and oxygen atoms in total. The average molecular weight is 287 g/mol. The second kappa shape index (κ2) is 5.29. The minimum absolute atomic E-state index is 0.0451. The molecule has 9 heteroatoms. The summed E-state index contributed by atoms with van der Waals surface area (Å²) in [6.07, 6.45) is 3.36. The van der Waals surface area contributed by atoms with Crippen LogP contribution in [-0.4, -0.2) is 36.3 Å². The molecule has 0 saturated carbocycles. The van der Waals surface area contributed by atoms with Gasteiger partial charge in [0, 0.05) is 12.6 Å². The van der Waals surface area contributed by atoms with Gasteiger partial charge in [-0.3, -0.25) is 0 Å². The van der Waals surface area contributed by atoms with Crippen LogP contribution in [0.4, 0.5) is 5.82 Å². The number of nitrogens with one attached hydrogen (secondary N) is 1. The molecule has 3 rings (SSSR count). The first-order chi connectivity index (χ1) is 10.2. The summed E-state index contributed by atoms with van der Waals surface area (Å²) in [6, 6.07) is 5.24. The third-order valence-electron chi connectivity index (χ3n) is 3.00. The van der Waals surface area contributed by atoms with E-state index in [9.17, 15) is 10.1 Å². The van der Waals surface area contributed by atoms with Gasteiger partial charge in [0.1, 0.15) is 0 Å². The van der Waals surface area contributed by atoms with Crippen LogP contribution in [0.5, 0.6) is 0 Å². The molecular formula is C12H13N7O2. The van der Waals surface area contributed by atoms with Gasteiger partial charge in [-0.05, 0) is 18.0 Å². The summed E-state index contributed by atoms with van der Waals surface area (Å²) in [5.74, 6) is -0.0451. The summed E-state index contributed by atoms with van der Waals surface area (Å²) >= 11 is 0. The lowest BCUT2D eigenvalue weighted by molar-refractivity contribution is -0.391. The Balaban J connectivity index is 1.99. The number of fused-ring (bicyclic) bond motifs is 1. The topological polar surface area (TPSA) is 103 Å². The number of hydrogen-bond acceptors (Lipinski definition) is 6. The van der Waals surface area contributed by atoms with Crippen molar-refractivity contribution in [2.24, 2.45) is 0 Å². The third-order valence-corrected chi connectivity index (χ3v) is 3.00. The van der Waals surface area contributed by atoms with E-state index in [1.807, 2.05) is 7.05 Å². The molecule has 21 heavy (non-hydrogen) atoms. The Bertz CT molecular complexity index is 792. The van der Waals surface area contributed by atoms with E-state index in [1.54, 1.807) is 35.3 Å². The van der Waals surface area contributed by atoms with Crippen molar-refractivity contribution in [2.75, 3.05) is 7.05 Å². The number of nitrogens with zero attached hydrogens (tertiary/aromatic N) is 6. The normalized spacial score (nSPS) is 11.1. The summed E-state index contributed by atoms with van der Waals surface area (Å²) in [5.41, 5.74) is 1.66. The Kier molecular flexibility index (Phi) is 3.32. The van der Waals surface area contributed by atoms with Gasteiger partial charge in [0.05, 0.1) is 24.6 Å². The standard InChI is InChI=1S/C12H13N7O2/c1-13-6-9-7-17(16-15-9)8-10-12(19(20)21)18-5-3-2-4-11(18)14-10/h2-5,7,13H,6,8H2,1H3. The molecule has 0 amide bonds. The van der Waals surface area contributed by atoms with Gasteiger partial charge in [-0.15, -0.1) is 5.10 Å². The Morgan fingerprint density at radius 2 is 2.29 bits per heavy atom. The van der Waals surface area contributed by atoms with Gasteiger partial charge < -0.3 is 15.4 Å². The fourth-order valence-corrected chi connectivity index (χ4v) is 2.16. The van der Waals surface area contributed by atoms with Crippen LogP contribution in [0.15, 0.2) is 30.6 Å². The highest BCUT2D eigenvalue weighted by molar-refractivity contribution is 5.48. The minimum Gasteiger partial charge on any atom is -0.358 e. The van der Waals surface area contributed by atoms with Crippen molar-refractivity contribution in [1.29, 1.82) is 0 Å². The number of hydrogen-bond donors (Lipinski definition) is 1. The molecule has 0 aromatic carbocycles. The molecule has 0 radical (unpaired) electrons. The van der Waals surface area contributed by atoms with E-state index in [1.165, 1.54) is 4.40 Å². The first-order valence-electron chi connectivity index (χ1n) is 6.33. The number of pyridine rings is 1. The number of imidazole rings is 1. The quantitative estimate of drug-likeness (QED) is 0.544. The number of rotatable bonds is 5. The van der Waals surface area contributed by atoms with Crippen molar-refractivity contribution in [1.82, 2.24) is 29.7 Å². The van der Waals surface area contributed by atoms with E-state index in [4.69, 9.17) is 0 Å². The van der Waals surface area contributed by atoms with Crippen molar-refractivity contribution in [3.63, 3.8) is 0 Å². The summed E-state index contributed by atoms with van der Waals surface area (Å²) in [6.45, 7) is 0.794. The molecule has 0 aliphatic carbocycles. The molecule has 3 aromatic rings. The maximum atomic E-state index is 11.3. The van der Waals surface area contributed by atoms with Crippen LogP contribution in [0.25, 0.3) is 5.65 Å². The Morgan fingerprint density at radius 1 is 1.43 bits per heavy atom. The monoisotopic (exact) mass is 287 g/mol. The predicted octanol–water partition coefficient (Wildman–Crippen LogP) is 0.602. The molecule has 0 atom stereocenters. The largest absolute Gasteiger partial charge is 0.358 e. The molecule has 0 spiro atoms. The van der Waals surface area contributed by atoms with E-state index in [0.29, 0.717) is 17.9 Å². The summed E-state index contributed by atoms with van der Waals surface area (Å²) in [7, 11) is 1.81. The van der Waals surface area contributed by atoms with Gasteiger partial charge in [0.25, 0.3) is 0 Å². The van der Waals surface area contributed by atoms with E-state index in [2.05, 4.69) is 20.6 Å². The second-order valence-corrected chi connectivity index (χ2v) is 4.51. The van der Waals surface area contributed by atoms with Crippen LogP contribution in [0.3, 0.4) is 0 Å². The highest BCUT2D eigenvalue weighted by Gasteiger charge is 2.22. The molecule has 3 heterocycles. The van der Waals surface area contributed by atoms with Crippen LogP contribution < -0.4 is 5.32 Å². The molecule has 0 bridgehead atoms. The van der Waals surface area contributed by atoms with Crippen molar-refractivity contribution >= 4 is 11.5 Å². The van der Waals surface area contributed by atoms with Crippen LogP contribution in [0, 0.1) is 10.1 Å². The van der Waals surface area contributed by atoms with E-state index < -0.39 is 4.92 Å². The van der Waals surface area contributed by atoms with Crippen molar-refractivity contribution in [3.8, 4) is 0 Å². The predicted molar refractivity (Wildman–Crippen MR) is 73.7 cm³/mol. The van der Waals surface area contributed by atoms with Gasteiger partial charge in [-0.25, -0.2) is 9.67 Å². The van der Waals surface area contributed by atoms with Crippen LogP contribution >= 0.6 is 0 Å². The van der Waals surface area contributed by atoms with Crippen LogP contribution in [0.1, 0.15) is 11.4 Å². The highest BCUT2D eigenvalue weighted by Crippen LogP contribution is 2.21. The maximum Gasteiger partial charge on any atom is 0.353 e. The first-order valence-corrected chi connectivity index (χ1v) is 6.33. The molecule has 0 aliphatic rings. The van der Waals surface area contributed by atoms with Gasteiger partial charge in [0.15, 0.2) is 5.69 Å². The molecule has 0 saturated heterocycles. The molecule has 108 valence electrons. The zero-order valence-corrected chi connectivity index (χ0v) is 11.3. The number of aromatic nitrogens is 5. The zero-order valence-electron chi connectivity index (χ0n) is 11.3. The van der Waals surface area contributed by atoms with Crippen molar-refractivity contribution < 1.29 is 4.92 Å². The second-order valence-electron chi connectivity index (χ2n) is 4.51. The summed E-state index contributed by atoms with van der Waals surface area (Å²) in [5, 5.41) is 22.2. The van der Waals surface area contributed by atoms with Gasteiger partial charge in [-0.1, -0.05) is 11.3 Å².